The molecule has 1 saturated heterocycles. The molecule has 170 valence electrons. The second-order valence-electron chi connectivity index (χ2n) is 9.86. The minimum Gasteiger partial charge on any atom is -0.311 e. The minimum atomic E-state index is 0.191. The third-order valence-electron chi connectivity index (χ3n) is 7.19. The SMILES string of the molecule is Cc1cccc(C(=O)Cc2ccc(C3CC3NC3CCN(Cc4ccccc4)CC3)cc2)c1. The van der Waals surface area contributed by atoms with Crippen molar-refractivity contribution in [2.45, 2.75) is 57.2 Å². The normalized spacial score (nSPS) is 21.1. The number of hydrogen-bond acceptors (Lipinski definition) is 3. The van der Waals surface area contributed by atoms with Gasteiger partial charge in [0.15, 0.2) is 5.78 Å². The molecule has 2 fully saturated rings. The van der Waals surface area contributed by atoms with Crippen LogP contribution in [0.5, 0.6) is 0 Å². The molecule has 1 saturated carbocycles. The van der Waals surface area contributed by atoms with Crippen molar-refractivity contribution >= 4 is 5.78 Å². The number of ketones is 1. The number of benzene rings is 3. The number of nitrogens with one attached hydrogen (secondary N) is 1. The maximum Gasteiger partial charge on any atom is 0.167 e. The van der Waals surface area contributed by atoms with Gasteiger partial charge >= 0.3 is 0 Å². The fourth-order valence-electron chi connectivity index (χ4n) is 5.14. The highest BCUT2D eigenvalue weighted by atomic mass is 16.1. The van der Waals surface area contributed by atoms with E-state index in [-0.39, 0.29) is 5.78 Å². The summed E-state index contributed by atoms with van der Waals surface area (Å²) in [4.78, 5) is 15.2. The number of Topliss-reactive ketones (excluding diaryl/α,β-unsaturated/α-hetero) is 1. The van der Waals surface area contributed by atoms with Crippen LogP contribution in [0.4, 0.5) is 0 Å². The van der Waals surface area contributed by atoms with Gasteiger partial charge in [-0.1, -0.05) is 78.4 Å². The summed E-state index contributed by atoms with van der Waals surface area (Å²) in [6.07, 6.45) is 4.16. The zero-order valence-electron chi connectivity index (χ0n) is 19.5. The largest absolute Gasteiger partial charge is 0.311 e. The van der Waals surface area contributed by atoms with Gasteiger partial charge in [0, 0.05) is 36.5 Å². The van der Waals surface area contributed by atoms with Gasteiger partial charge in [0.05, 0.1) is 0 Å². The van der Waals surface area contributed by atoms with E-state index in [0.717, 1.165) is 23.2 Å². The molecule has 0 aromatic heterocycles. The van der Waals surface area contributed by atoms with Gasteiger partial charge in [-0.2, -0.15) is 0 Å². The van der Waals surface area contributed by atoms with E-state index in [2.05, 4.69) is 64.8 Å². The van der Waals surface area contributed by atoms with Crippen LogP contribution in [0.1, 0.15) is 57.8 Å². The summed E-state index contributed by atoms with van der Waals surface area (Å²) in [5.41, 5.74) is 5.85. The molecule has 2 unspecified atom stereocenters. The first-order valence-corrected chi connectivity index (χ1v) is 12.3. The second kappa shape index (κ2) is 10.0. The van der Waals surface area contributed by atoms with Crippen LogP contribution in [-0.4, -0.2) is 35.9 Å². The predicted molar refractivity (Wildman–Crippen MR) is 135 cm³/mol. The number of carbonyl (C=O) groups excluding carboxylic acids is 1. The van der Waals surface area contributed by atoms with E-state index in [1.807, 2.05) is 31.2 Å². The van der Waals surface area contributed by atoms with Crippen LogP contribution in [0.2, 0.25) is 0 Å². The number of nitrogens with zero attached hydrogens (tertiary/aromatic N) is 1. The van der Waals surface area contributed by atoms with E-state index in [4.69, 9.17) is 0 Å². The Morgan fingerprint density at radius 3 is 2.39 bits per heavy atom. The van der Waals surface area contributed by atoms with Crippen LogP contribution in [0.15, 0.2) is 78.9 Å². The predicted octanol–water partition coefficient (Wildman–Crippen LogP) is 5.53. The lowest BCUT2D eigenvalue weighted by molar-refractivity contribution is 0.0993. The summed E-state index contributed by atoms with van der Waals surface area (Å²) in [6, 6.07) is 28.7. The average molecular weight is 439 g/mol. The van der Waals surface area contributed by atoms with Crippen LogP contribution in [-0.2, 0) is 13.0 Å². The molecule has 3 nitrogen and oxygen atoms in total. The Labute approximate surface area is 197 Å². The van der Waals surface area contributed by atoms with Crippen LogP contribution < -0.4 is 5.32 Å². The molecule has 1 aliphatic heterocycles. The number of piperidine rings is 1. The van der Waals surface area contributed by atoms with Crippen molar-refractivity contribution in [3.05, 3.63) is 107 Å². The smallest absolute Gasteiger partial charge is 0.167 e. The summed E-state index contributed by atoms with van der Waals surface area (Å²) >= 11 is 0. The van der Waals surface area contributed by atoms with Crippen molar-refractivity contribution in [3.63, 3.8) is 0 Å². The first-order valence-electron chi connectivity index (χ1n) is 12.3. The van der Waals surface area contributed by atoms with Crippen molar-refractivity contribution < 1.29 is 4.79 Å². The standard InChI is InChI=1S/C30H34N2O/c1-22-6-5-9-26(18-22)30(33)19-23-10-12-25(13-11-23)28-20-29(28)31-27-14-16-32(17-15-27)21-24-7-3-2-4-8-24/h2-13,18,27-29,31H,14-17,19-21H2,1H3. The maximum atomic E-state index is 12.6. The Morgan fingerprint density at radius 1 is 0.909 bits per heavy atom. The summed E-state index contributed by atoms with van der Waals surface area (Å²) in [5.74, 6) is 0.810. The van der Waals surface area contributed by atoms with Gasteiger partial charge in [0.1, 0.15) is 0 Å². The Kier molecular flexibility index (Phi) is 6.70. The van der Waals surface area contributed by atoms with Crippen molar-refractivity contribution in [3.8, 4) is 0 Å². The quantitative estimate of drug-likeness (QED) is 0.469. The number of aryl methyl sites for hydroxylation is 1. The monoisotopic (exact) mass is 438 g/mol. The van der Waals surface area contributed by atoms with E-state index in [0.29, 0.717) is 24.4 Å². The van der Waals surface area contributed by atoms with E-state index >= 15 is 0 Å². The average Bonchev–Trinajstić information content (AvgIpc) is 3.60. The van der Waals surface area contributed by atoms with Crippen molar-refractivity contribution in [2.24, 2.45) is 0 Å². The fourth-order valence-corrected chi connectivity index (χ4v) is 5.14. The van der Waals surface area contributed by atoms with Gasteiger partial charge in [-0.25, -0.2) is 0 Å². The van der Waals surface area contributed by atoms with E-state index in [9.17, 15) is 4.79 Å². The summed E-state index contributed by atoms with van der Waals surface area (Å²) < 4.78 is 0. The van der Waals surface area contributed by atoms with Gasteiger partial charge in [-0.05, 0) is 62.0 Å². The highest BCUT2D eigenvalue weighted by Crippen LogP contribution is 2.41. The molecule has 1 heterocycles. The number of carbonyl (C=O) groups is 1. The summed E-state index contributed by atoms with van der Waals surface area (Å²) in [5, 5.41) is 3.92. The molecule has 3 aromatic carbocycles. The summed E-state index contributed by atoms with van der Waals surface area (Å²) in [7, 11) is 0. The van der Waals surface area contributed by atoms with Crippen LogP contribution in [0.25, 0.3) is 0 Å². The van der Waals surface area contributed by atoms with Crippen molar-refractivity contribution in [1.29, 1.82) is 0 Å². The fraction of sp³-hybridized carbons (Fsp3) is 0.367. The molecule has 2 atom stereocenters. The lowest BCUT2D eigenvalue weighted by Gasteiger charge is -2.32. The Hall–Kier alpha value is -2.75. The van der Waals surface area contributed by atoms with Gasteiger partial charge in [-0.15, -0.1) is 0 Å². The first kappa shape index (κ1) is 22.1. The molecule has 0 bridgehead atoms. The Morgan fingerprint density at radius 2 is 1.67 bits per heavy atom. The molecule has 5 rings (SSSR count). The third kappa shape index (κ3) is 5.79. The highest BCUT2D eigenvalue weighted by molar-refractivity contribution is 5.97. The first-order chi connectivity index (χ1) is 16.1. The van der Waals surface area contributed by atoms with E-state index in [1.165, 1.54) is 43.5 Å². The highest BCUT2D eigenvalue weighted by Gasteiger charge is 2.39. The lowest BCUT2D eigenvalue weighted by atomic mass is 9.99. The van der Waals surface area contributed by atoms with Gasteiger partial charge in [0.25, 0.3) is 0 Å². The molecule has 0 spiro atoms. The Bertz CT molecular complexity index is 1070. The maximum absolute atomic E-state index is 12.6. The third-order valence-corrected chi connectivity index (χ3v) is 7.19. The van der Waals surface area contributed by atoms with E-state index in [1.54, 1.807) is 0 Å². The summed E-state index contributed by atoms with van der Waals surface area (Å²) in [6.45, 7) is 5.44. The number of rotatable bonds is 8. The number of likely N-dealkylation sites (tertiary alicyclic amines) is 1. The van der Waals surface area contributed by atoms with Crippen LogP contribution in [0, 0.1) is 6.92 Å². The molecule has 3 aromatic rings. The molecular formula is C30H34N2O. The van der Waals surface area contributed by atoms with Crippen molar-refractivity contribution in [2.75, 3.05) is 13.1 Å². The molecule has 33 heavy (non-hydrogen) atoms. The molecule has 0 amide bonds. The van der Waals surface area contributed by atoms with Crippen molar-refractivity contribution in [1.82, 2.24) is 10.2 Å². The lowest BCUT2D eigenvalue weighted by Crippen LogP contribution is -2.43. The molecule has 1 N–H and O–H groups in total. The van der Waals surface area contributed by atoms with Crippen LogP contribution in [0.3, 0.4) is 0 Å². The topological polar surface area (TPSA) is 32.3 Å². The zero-order valence-corrected chi connectivity index (χ0v) is 19.5. The zero-order chi connectivity index (χ0) is 22.6. The number of hydrogen-bond donors (Lipinski definition) is 1. The second-order valence-corrected chi connectivity index (χ2v) is 9.86. The van der Waals surface area contributed by atoms with Gasteiger partial charge in [0.2, 0.25) is 0 Å². The van der Waals surface area contributed by atoms with Crippen LogP contribution >= 0.6 is 0 Å². The molecule has 0 radical (unpaired) electrons. The van der Waals surface area contributed by atoms with Gasteiger partial charge in [-0.3, -0.25) is 9.69 Å². The minimum absolute atomic E-state index is 0.191. The Balaban J connectivity index is 1.07. The molecule has 2 aliphatic rings. The molecule has 3 heteroatoms. The molecular weight excluding hydrogens is 404 g/mol. The van der Waals surface area contributed by atoms with E-state index < -0.39 is 0 Å². The van der Waals surface area contributed by atoms with Gasteiger partial charge < -0.3 is 5.32 Å². The molecule has 1 aliphatic carbocycles.